The van der Waals surface area contributed by atoms with Crippen molar-refractivity contribution in [3.8, 4) is 11.5 Å². The average molecular weight is 467 g/mol. The number of quaternary nitrogens is 1. The SMILES string of the molecule is CC1C[N+]23CC2(C(C)O1)C1(Cc2cc4c(-c5ccco5)noc4c(F)c23)C(=O)NC(=O)NC1=O. The van der Waals surface area contributed by atoms with E-state index >= 15 is 4.39 Å². The second-order valence-electron chi connectivity index (χ2n) is 9.72. The summed E-state index contributed by atoms with van der Waals surface area (Å²) in [6.45, 7) is 4.38. The van der Waals surface area contributed by atoms with Gasteiger partial charge in [-0.15, -0.1) is 0 Å². The summed E-state index contributed by atoms with van der Waals surface area (Å²) in [4.78, 5) is 38.9. The van der Waals surface area contributed by atoms with Crippen LogP contribution in [0.4, 0.5) is 14.9 Å². The van der Waals surface area contributed by atoms with E-state index < -0.39 is 40.7 Å². The monoisotopic (exact) mass is 467 g/mol. The van der Waals surface area contributed by atoms with E-state index in [1.54, 1.807) is 25.1 Å². The largest absolute Gasteiger partial charge is 0.463 e. The summed E-state index contributed by atoms with van der Waals surface area (Å²) in [5, 5.41) is 8.98. The van der Waals surface area contributed by atoms with Crippen molar-refractivity contribution in [3.05, 3.63) is 35.8 Å². The van der Waals surface area contributed by atoms with Gasteiger partial charge in [0, 0.05) is 12.0 Å². The summed E-state index contributed by atoms with van der Waals surface area (Å²) in [6.07, 6.45) is 0.600. The zero-order valence-electron chi connectivity index (χ0n) is 18.3. The van der Waals surface area contributed by atoms with Gasteiger partial charge in [0.25, 0.3) is 11.8 Å². The minimum atomic E-state index is -1.64. The van der Waals surface area contributed by atoms with Crippen molar-refractivity contribution in [2.75, 3.05) is 13.1 Å². The Morgan fingerprint density at radius 1 is 1.21 bits per heavy atom. The Labute approximate surface area is 191 Å². The third-order valence-corrected chi connectivity index (χ3v) is 8.21. The lowest BCUT2D eigenvalue weighted by Gasteiger charge is -2.49. The topological polar surface area (TPSA) is 124 Å². The highest BCUT2D eigenvalue weighted by atomic mass is 19.1. The summed E-state index contributed by atoms with van der Waals surface area (Å²) in [7, 11) is 0. The number of nitrogens with zero attached hydrogens (tertiary/aromatic N) is 2. The van der Waals surface area contributed by atoms with Crippen LogP contribution in [0.3, 0.4) is 0 Å². The predicted octanol–water partition coefficient (Wildman–Crippen LogP) is 2.00. The van der Waals surface area contributed by atoms with Gasteiger partial charge < -0.3 is 13.7 Å². The maximum Gasteiger partial charge on any atom is 0.328 e. The number of carbonyl (C=O) groups excluding carboxylic acids is 3. The van der Waals surface area contributed by atoms with Crippen LogP contribution in [0.25, 0.3) is 22.4 Å². The Balaban J connectivity index is 1.54. The second-order valence-corrected chi connectivity index (χ2v) is 9.72. The van der Waals surface area contributed by atoms with Crippen LogP contribution in [-0.2, 0) is 20.7 Å². The van der Waals surface area contributed by atoms with Crippen molar-refractivity contribution in [2.45, 2.75) is 38.0 Å². The minimum Gasteiger partial charge on any atom is -0.463 e. The molecule has 174 valence electrons. The highest BCUT2D eigenvalue weighted by Crippen LogP contribution is 2.68. The number of nitrogens with one attached hydrogen (secondary N) is 2. The van der Waals surface area contributed by atoms with E-state index in [0.29, 0.717) is 41.2 Å². The van der Waals surface area contributed by atoms with Crippen molar-refractivity contribution < 1.29 is 32.5 Å². The maximum absolute atomic E-state index is 16.2. The highest BCUT2D eigenvalue weighted by Gasteiger charge is 2.91. The Morgan fingerprint density at radius 2 is 1.97 bits per heavy atom. The quantitative estimate of drug-likeness (QED) is 0.319. The number of benzene rings is 1. The normalized spacial score (nSPS) is 33.2. The Hall–Kier alpha value is -3.57. The number of rotatable bonds is 1. The van der Waals surface area contributed by atoms with E-state index in [-0.39, 0.29) is 22.6 Å². The zero-order chi connectivity index (χ0) is 23.6. The van der Waals surface area contributed by atoms with Gasteiger partial charge in [-0.05, 0) is 32.0 Å². The van der Waals surface area contributed by atoms with Gasteiger partial charge in [-0.3, -0.25) is 24.7 Å². The fraction of sp³-hybridized carbons (Fsp3) is 0.391. The van der Waals surface area contributed by atoms with E-state index in [1.807, 2.05) is 6.92 Å². The highest BCUT2D eigenvalue weighted by molar-refractivity contribution is 6.21. The number of barbiturate groups is 1. The van der Waals surface area contributed by atoms with Gasteiger partial charge in [0.2, 0.25) is 16.9 Å². The molecule has 4 atom stereocenters. The van der Waals surface area contributed by atoms with E-state index in [1.165, 1.54) is 6.26 Å². The predicted molar refractivity (Wildman–Crippen MR) is 114 cm³/mol. The number of urea groups is 1. The van der Waals surface area contributed by atoms with Crippen molar-refractivity contribution in [3.63, 3.8) is 0 Å². The molecule has 7 rings (SSSR count). The zero-order valence-corrected chi connectivity index (χ0v) is 18.3. The molecule has 34 heavy (non-hydrogen) atoms. The molecule has 1 spiro atoms. The first-order valence-corrected chi connectivity index (χ1v) is 11.1. The van der Waals surface area contributed by atoms with Crippen LogP contribution in [0.2, 0.25) is 0 Å². The van der Waals surface area contributed by atoms with E-state index in [2.05, 4.69) is 15.8 Å². The summed E-state index contributed by atoms with van der Waals surface area (Å²) in [5.41, 5.74) is -1.49. The molecule has 6 heterocycles. The summed E-state index contributed by atoms with van der Waals surface area (Å²) >= 11 is 0. The molecule has 2 aromatic heterocycles. The van der Waals surface area contributed by atoms with Crippen LogP contribution in [0, 0.1) is 11.2 Å². The van der Waals surface area contributed by atoms with Gasteiger partial charge in [0.15, 0.2) is 22.6 Å². The number of amides is 4. The van der Waals surface area contributed by atoms with Crippen LogP contribution in [-0.4, -0.2) is 53.8 Å². The van der Waals surface area contributed by atoms with Crippen molar-refractivity contribution in [1.82, 2.24) is 20.3 Å². The molecule has 0 radical (unpaired) electrons. The Morgan fingerprint density at radius 3 is 2.68 bits per heavy atom. The number of hydrogen-bond donors (Lipinski definition) is 2. The van der Waals surface area contributed by atoms with Crippen LogP contribution >= 0.6 is 0 Å². The van der Waals surface area contributed by atoms with Gasteiger partial charge in [-0.25, -0.2) is 4.79 Å². The van der Waals surface area contributed by atoms with E-state index in [0.717, 1.165) is 0 Å². The minimum absolute atomic E-state index is 0.00563. The van der Waals surface area contributed by atoms with Crippen LogP contribution < -0.4 is 15.1 Å². The van der Waals surface area contributed by atoms with Gasteiger partial charge in [-0.1, -0.05) is 5.16 Å². The number of carbonyl (C=O) groups is 3. The van der Waals surface area contributed by atoms with Gasteiger partial charge in [0.1, 0.15) is 25.3 Å². The number of furan rings is 1. The number of imide groups is 2. The van der Waals surface area contributed by atoms with Gasteiger partial charge in [0.05, 0.1) is 11.6 Å². The first kappa shape index (κ1) is 19.9. The molecule has 3 saturated heterocycles. The number of fused-ring (bicyclic) bond motifs is 2. The standard InChI is InChI=1S/C23H19FN4O6/c1-10-8-28-9-23(28,11(2)33-10)22(19(29)25-21(31)26-20(22)30)7-12-6-13-16(14-4-3-5-32-14)27-34-18(13)15(24)17(12)28/h3-6,10-11H,7-9H2,1-2H3,(H-,25,26,29,30,31)/p+1. The number of ether oxygens (including phenoxy) is 1. The average Bonchev–Trinajstić information content (AvgIpc) is 3.08. The molecule has 4 amide bonds. The third-order valence-electron chi connectivity index (χ3n) is 8.21. The number of hydrogen-bond acceptors (Lipinski definition) is 7. The Kier molecular flexibility index (Phi) is 3.45. The van der Waals surface area contributed by atoms with E-state index in [9.17, 15) is 14.4 Å². The molecule has 0 aliphatic carbocycles. The first-order valence-electron chi connectivity index (χ1n) is 11.1. The third kappa shape index (κ3) is 1.96. The second kappa shape index (κ2) is 5.91. The van der Waals surface area contributed by atoms with Gasteiger partial charge in [-0.2, -0.15) is 4.39 Å². The molecule has 11 heteroatoms. The summed E-state index contributed by atoms with van der Waals surface area (Å²) in [6, 6.07) is 4.24. The lowest BCUT2D eigenvalue weighted by molar-refractivity contribution is -0.160. The molecular formula is C23H20FN4O6+. The smallest absolute Gasteiger partial charge is 0.328 e. The number of halogens is 1. The molecule has 2 N–H and O–H groups in total. The lowest BCUT2D eigenvalue weighted by Crippen LogP contribution is -2.76. The van der Waals surface area contributed by atoms with E-state index in [4.69, 9.17) is 13.7 Å². The first-order chi connectivity index (χ1) is 16.2. The van der Waals surface area contributed by atoms with Crippen molar-refractivity contribution >= 4 is 34.5 Å². The van der Waals surface area contributed by atoms with Crippen LogP contribution in [0.1, 0.15) is 19.4 Å². The molecule has 4 aliphatic heterocycles. The van der Waals surface area contributed by atoms with Crippen LogP contribution in [0.15, 0.2) is 33.4 Å². The molecule has 10 nitrogen and oxygen atoms in total. The Bertz CT molecular complexity index is 1430. The molecule has 0 bridgehead atoms. The van der Waals surface area contributed by atoms with Crippen molar-refractivity contribution in [1.29, 1.82) is 0 Å². The fourth-order valence-electron chi connectivity index (χ4n) is 7.06. The van der Waals surface area contributed by atoms with Crippen molar-refractivity contribution in [2.24, 2.45) is 5.41 Å². The maximum atomic E-state index is 16.2. The molecule has 3 fully saturated rings. The van der Waals surface area contributed by atoms with Gasteiger partial charge >= 0.3 is 6.03 Å². The summed E-state index contributed by atoms with van der Waals surface area (Å²) in [5.74, 6) is -1.53. The molecule has 0 saturated carbocycles. The molecular weight excluding hydrogens is 447 g/mol. The molecule has 4 unspecified atom stereocenters. The fourth-order valence-corrected chi connectivity index (χ4v) is 7.06. The van der Waals surface area contributed by atoms with Crippen LogP contribution in [0.5, 0.6) is 0 Å². The number of aromatic nitrogens is 1. The molecule has 1 aromatic carbocycles. The molecule has 3 aromatic rings. The lowest BCUT2D eigenvalue weighted by atomic mass is 9.63. The molecule has 4 aliphatic rings. The number of morpholine rings is 1. The summed E-state index contributed by atoms with van der Waals surface area (Å²) < 4.78 is 33.3.